The Morgan fingerprint density at radius 1 is 1.35 bits per heavy atom. The van der Waals surface area contributed by atoms with Crippen molar-refractivity contribution in [1.82, 2.24) is 15.5 Å². The van der Waals surface area contributed by atoms with Gasteiger partial charge in [-0.3, -0.25) is 4.79 Å². The SMILES string of the molecule is CCc1ccc(-c2noc(CNC(=O)CN)n2)cc1.Cl. The van der Waals surface area contributed by atoms with Gasteiger partial charge in [-0.15, -0.1) is 12.4 Å². The fourth-order valence-electron chi connectivity index (χ4n) is 1.58. The van der Waals surface area contributed by atoms with Gasteiger partial charge in [0.05, 0.1) is 13.1 Å². The summed E-state index contributed by atoms with van der Waals surface area (Å²) in [6.07, 6.45) is 0.989. The molecule has 0 saturated carbocycles. The van der Waals surface area contributed by atoms with E-state index in [1.165, 1.54) is 5.56 Å². The van der Waals surface area contributed by atoms with Crippen LogP contribution in [0.25, 0.3) is 11.4 Å². The molecule has 0 aliphatic rings. The molecule has 2 rings (SSSR count). The van der Waals surface area contributed by atoms with E-state index in [2.05, 4.69) is 22.4 Å². The molecular weight excluding hydrogens is 280 g/mol. The minimum atomic E-state index is -0.257. The molecule has 7 heteroatoms. The number of rotatable bonds is 5. The van der Waals surface area contributed by atoms with Crippen LogP contribution >= 0.6 is 12.4 Å². The summed E-state index contributed by atoms with van der Waals surface area (Å²) in [5.74, 6) is 0.614. The van der Waals surface area contributed by atoms with Crippen LogP contribution in [0.2, 0.25) is 0 Å². The zero-order chi connectivity index (χ0) is 13.7. The number of carbonyl (C=O) groups is 1. The van der Waals surface area contributed by atoms with Crippen LogP contribution in [0.4, 0.5) is 0 Å². The number of aryl methyl sites for hydroxylation is 1. The third-order valence-corrected chi connectivity index (χ3v) is 2.71. The highest BCUT2D eigenvalue weighted by atomic mass is 35.5. The van der Waals surface area contributed by atoms with Gasteiger partial charge >= 0.3 is 0 Å². The van der Waals surface area contributed by atoms with Gasteiger partial charge in [0.15, 0.2) is 0 Å². The van der Waals surface area contributed by atoms with Crippen molar-refractivity contribution in [3.63, 3.8) is 0 Å². The van der Waals surface area contributed by atoms with Crippen LogP contribution in [-0.2, 0) is 17.8 Å². The first-order chi connectivity index (χ1) is 9.22. The number of nitrogens with zero attached hydrogens (tertiary/aromatic N) is 2. The van der Waals surface area contributed by atoms with E-state index in [9.17, 15) is 4.79 Å². The van der Waals surface area contributed by atoms with Gasteiger partial charge in [-0.2, -0.15) is 4.98 Å². The summed E-state index contributed by atoms with van der Waals surface area (Å²) in [5.41, 5.74) is 7.32. The second kappa shape index (κ2) is 7.62. The Morgan fingerprint density at radius 3 is 2.65 bits per heavy atom. The Morgan fingerprint density at radius 2 is 2.05 bits per heavy atom. The number of amides is 1. The first-order valence-corrected chi connectivity index (χ1v) is 6.11. The van der Waals surface area contributed by atoms with E-state index >= 15 is 0 Å². The fourth-order valence-corrected chi connectivity index (χ4v) is 1.58. The van der Waals surface area contributed by atoms with E-state index < -0.39 is 0 Å². The first-order valence-electron chi connectivity index (χ1n) is 6.11. The van der Waals surface area contributed by atoms with Crippen molar-refractivity contribution in [3.05, 3.63) is 35.7 Å². The Bertz CT molecular complexity index is 554. The number of hydrogen-bond acceptors (Lipinski definition) is 5. The lowest BCUT2D eigenvalue weighted by molar-refractivity contribution is -0.120. The van der Waals surface area contributed by atoms with E-state index in [4.69, 9.17) is 10.3 Å². The third kappa shape index (κ3) is 4.04. The van der Waals surface area contributed by atoms with Gasteiger partial charge in [0, 0.05) is 5.56 Å². The van der Waals surface area contributed by atoms with Gasteiger partial charge in [0.1, 0.15) is 0 Å². The third-order valence-electron chi connectivity index (χ3n) is 2.71. The standard InChI is InChI=1S/C13H16N4O2.ClH/c1-2-9-3-5-10(6-4-9)13-16-12(19-17-13)8-15-11(18)7-14;/h3-6H,2,7-8,14H2,1H3,(H,15,18);1H. The lowest BCUT2D eigenvalue weighted by atomic mass is 10.1. The van der Waals surface area contributed by atoms with Gasteiger partial charge in [-0.1, -0.05) is 36.3 Å². The van der Waals surface area contributed by atoms with Crippen molar-refractivity contribution >= 4 is 18.3 Å². The quantitative estimate of drug-likeness (QED) is 0.867. The highest BCUT2D eigenvalue weighted by Crippen LogP contribution is 2.16. The molecule has 6 nitrogen and oxygen atoms in total. The summed E-state index contributed by atoms with van der Waals surface area (Å²) < 4.78 is 5.05. The maximum absolute atomic E-state index is 11.0. The van der Waals surface area contributed by atoms with Gasteiger partial charge in [-0.25, -0.2) is 0 Å². The zero-order valence-corrected chi connectivity index (χ0v) is 11.9. The summed E-state index contributed by atoms with van der Waals surface area (Å²) in [6, 6.07) is 7.96. The van der Waals surface area contributed by atoms with Crippen LogP contribution < -0.4 is 11.1 Å². The lowest BCUT2D eigenvalue weighted by Gasteiger charge is -1.98. The van der Waals surface area contributed by atoms with Gasteiger partial charge in [0.2, 0.25) is 17.6 Å². The predicted molar refractivity (Wildman–Crippen MR) is 77.3 cm³/mol. The number of halogens is 1. The lowest BCUT2D eigenvalue weighted by Crippen LogP contribution is -2.29. The van der Waals surface area contributed by atoms with Crippen molar-refractivity contribution in [1.29, 1.82) is 0 Å². The molecule has 1 amide bonds. The molecule has 108 valence electrons. The summed E-state index contributed by atoms with van der Waals surface area (Å²) in [4.78, 5) is 15.2. The molecule has 1 aromatic carbocycles. The summed E-state index contributed by atoms with van der Waals surface area (Å²) in [6.45, 7) is 2.23. The second-order valence-corrected chi connectivity index (χ2v) is 4.04. The molecule has 20 heavy (non-hydrogen) atoms. The Labute approximate surface area is 123 Å². The number of carbonyl (C=O) groups excluding carboxylic acids is 1. The van der Waals surface area contributed by atoms with Crippen LogP contribution in [0.1, 0.15) is 18.4 Å². The van der Waals surface area contributed by atoms with Crippen LogP contribution in [-0.4, -0.2) is 22.6 Å². The number of nitrogens with one attached hydrogen (secondary N) is 1. The van der Waals surface area contributed by atoms with E-state index in [1.54, 1.807) is 0 Å². The predicted octanol–water partition coefficient (Wildman–Crippen LogP) is 1.30. The maximum atomic E-state index is 11.0. The van der Waals surface area contributed by atoms with Crippen LogP contribution in [0, 0.1) is 0 Å². The highest BCUT2D eigenvalue weighted by molar-refractivity contribution is 5.85. The molecule has 0 spiro atoms. The molecule has 0 aliphatic carbocycles. The number of benzene rings is 1. The zero-order valence-electron chi connectivity index (χ0n) is 11.1. The minimum Gasteiger partial charge on any atom is -0.346 e. The topological polar surface area (TPSA) is 94.0 Å². The molecule has 0 bridgehead atoms. The fraction of sp³-hybridized carbons (Fsp3) is 0.308. The van der Waals surface area contributed by atoms with Gasteiger partial charge < -0.3 is 15.6 Å². The normalized spacial score (nSPS) is 9.90. The van der Waals surface area contributed by atoms with Crippen molar-refractivity contribution in [2.24, 2.45) is 5.73 Å². The van der Waals surface area contributed by atoms with Crippen LogP contribution in [0.3, 0.4) is 0 Å². The molecule has 3 N–H and O–H groups in total. The van der Waals surface area contributed by atoms with E-state index in [-0.39, 0.29) is 31.4 Å². The molecule has 0 aliphatic heterocycles. The summed E-state index contributed by atoms with van der Waals surface area (Å²) in [5, 5.41) is 6.45. The Kier molecular flexibility index (Phi) is 6.14. The average Bonchev–Trinajstić information content (AvgIpc) is 2.93. The van der Waals surface area contributed by atoms with E-state index in [1.807, 2.05) is 24.3 Å². The largest absolute Gasteiger partial charge is 0.346 e. The number of nitrogens with two attached hydrogens (primary N) is 1. The molecule has 1 heterocycles. The molecule has 0 fully saturated rings. The second-order valence-electron chi connectivity index (χ2n) is 4.04. The first kappa shape index (κ1) is 16.1. The molecule has 0 saturated heterocycles. The highest BCUT2D eigenvalue weighted by Gasteiger charge is 2.09. The van der Waals surface area contributed by atoms with Gasteiger partial charge in [0.25, 0.3) is 0 Å². The van der Waals surface area contributed by atoms with Crippen molar-refractivity contribution in [2.45, 2.75) is 19.9 Å². The van der Waals surface area contributed by atoms with Gasteiger partial charge in [-0.05, 0) is 12.0 Å². The minimum absolute atomic E-state index is 0. The molecule has 2 aromatic rings. The van der Waals surface area contributed by atoms with Crippen molar-refractivity contribution in [3.8, 4) is 11.4 Å². The maximum Gasteiger partial charge on any atom is 0.246 e. The number of aromatic nitrogens is 2. The Balaban J connectivity index is 0.00000200. The molecular formula is C13H17ClN4O2. The number of hydrogen-bond donors (Lipinski definition) is 2. The van der Waals surface area contributed by atoms with E-state index in [0.29, 0.717) is 11.7 Å². The smallest absolute Gasteiger partial charge is 0.246 e. The monoisotopic (exact) mass is 296 g/mol. The van der Waals surface area contributed by atoms with Crippen molar-refractivity contribution in [2.75, 3.05) is 6.54 Å². The average molecular weight is 297 g/mol. The molecule has 1 aromatic heterocycles. The summed E-state index contributed by atoms with van der Waals surface area (Å²) >= 11 is 0. The Hall–Kier alpha value is -1.92. The molecule has 0 atom stereocenters. The summed E-state index contributed by atoms with van der Waals surface area (Å²) in [7, 11) is 0. The molecule has 0 radical (unpaired) electrons. The molecule has 0 unspecified atom stereocenters. The van der Waals surface area contributed by atoms with Crippen molar-refractivity contribution < 1.29 is 9.32 Å². The van der Waals surface area contributed by atoms with E-state index in [0.717, 1.165) is 12.0 Å². The van der Waals surface area contributed by atoms with Crippen LogP contribution in [0.5, 0.6) is 0 Å². The van der Waals surface area contributed by atoms with Crippen LogP contribution in [0.15, 0.2) is 28.8 Å².